The molecule has 1 heterocycles. The Hall–Kier alpha value is -2.76. The van der Waals surface area contributed by atoms with Crippen LogP contribution in [0.5, 0.6) is 5.75 Å². The highest BCUT2D eigenvalue weighted by atomic mass is 32.3. The number of nitrogens with zero attached hydrogens (tertiary/aromatic N) is 1. The van der Waals surface area contributed by atoms with E-state index in [0.717, 1.165) is 21.9 Å². The van der Waals surface area contributed by atoms with Crippen molar-refractivity contribution in [2.45, 2.75) is 39.1 Å². The summed E-state index contributed by atoms with van der Waals surface area (Å²) in [4.78, 5) is 2.55. The predicted molar refractivity (Wildman–Crippen MR) is 143 cm³/mol. The van der Waals surface area contributed by atoms with E-state index in [1.165, 1.54) is 19.1 Å². The Bertz CT molecular complexity index is 1530. The summed E-state index contributed by atoms with van der Waals surface area (Å²) in [6.45, 7) is 0.261. The standard InChI is InChI=1S/C26H24F5NO7S3/c1-24(16-37-17-24)18-38-23(25(27,28)29)26(30,31)41(33,34)32-42(35,36)39-19-12-14-22(15-13-19)40(20-8-4-2-5-9-20)21-10-6-3-7-11-21/h2-15,23H,16-18H2,1H3. The summed E-state index contributed by atoms with van der Waals surface area (Å²) >= 11 is 0. The maximum Gasteiger partial charge on any atom is 0.421 e. The second-order valence-electron chi connectivity index (χ2n) is 9.56. The molecule has 0 spiro atoms. The van der Waals surface area contributed by atoms with Crippen LogP contribution >= 0.6 is 0 Å². The number of benzene rings is 3. The maximum atomic E-state index is 14.7. The zero-order chi connectivity index (χ0) is 30.8. The molecule has 1 atom stereocenters. The van der Waals surface area contributed by atoms with Crippen LogP contribution in [0.4, 0.5) is 22.0 Å². The number of alkyl halides is 5. The van der Waals surface area contributed by atoms with Gasteiger partial charge in [-0.2, -0.15) is 22.0 Å². The van der Waals surface area contributed by atoms with Crippen molar-refractivity contribution in [2.24, 2.45) is 5.41 Å². The van der Waals surface area contributed by atoms with Crippen molar-refractivity contribution in [2.75, 3.05) is 19.8 Å². The molecule has 1 fully saturated rings. The molecule has 0 aliphatic carbocycles. The highest BCUT2D eigenvalue weighted by Crippen LogP contribution is 2.43. The van der Waals surface area contributed by atoms with Gasteiger partial charge in [0.25, 0.3) is 0 Å². The molecule has 3 aromatic carbocycles. The van der Waals surface area contributed by atoms with Gasteiger partial charge in [-0.1, -0.05) is 43.3 Å². The van der Waals surface area contributed by atoms with E-state index in [0.29, 0.717) is 4.90 Å². The number of halogens is 5. The molecule has 1 aliphatic rings. The molecule has 228 valence electrons. The second kappa shape index (κ2) is 12.1. The van der Waals surface area contributed by atoms with Gasteiger partial charge >= 0.3 is 11.4 Å². The molecule has 0 radical (unpaired) electrons. The van der Waals surface area contributed by atoms with E-state index in [-0.39, 0.29) is 13.2 Å². The summed E-state index contributed by atoms with van der Waals surface area (Å²) in [5.74, 6) is -0.507. The number of sulfonamides is 1. The van der Waals surface area contributed by atoms with Gasteiger partial charge < -0.3 is 17.8 Å². The molecule has 0 amide bonds. The highest BCUT2D eigenvalue weighted by Gasteiger charge is 2.62. The number of ether oxygens (including phenoxy) is 2. The van der Waals surface area contributed by atoms with Crippen molar-refractivity contribution in [3.63, 3.8) is 0 Å². The van der Waals surface area contributed by atoms with E-state index in [1.807, 2.05) is 64.8 Å². The largest absolute Gasteiger partial charge is 0.421 e. The molecule has 42 heavy (non-hydrogen) atoms. The van der Waals surface area contributed by atoms with Gasteiger partial charge in [0.2, 0.25) is 16.4 Å². The molecule has 1 saturated heterocycles. The summed E-state index contributed by atoms with van der Waals surface area (Å²) in [5.41, 5.74) is -1.05. The van der Waals surface area contributed by atoms with Crippen LogP contribution in [0.3, 0.4) is 0 Å². The highest BCUT2D eigenvalue weighted by molar-refractivity contribution is 8.10. The summed E-state index contributed by atoms with van der Waals surface area (Å²) < 4.78 is 135. The SMILES string of the molecule is CC1(COC(C(F)(F)F)C(F)(F)S(=O)(=O)[N-]S(=O)(=O)Oc2ccc([S+](c3ccccc3)c3ccccc3)cc2)COC1. The molecule has 1 aliphatic heterocycles. The van der Waals surface area contributed by atoms with Gasteiger partial charge in [0.05, 0.1) is 30.7 Å². The van der Waals surface area contributed by atoms with E-state index < -0.39 is 66.5 Å². The van der Waals surface area contributed by atoms with E-state index in [9.17, 15) is 38.8 Å². The van der Waals surface area contributed by atoms with Crippen LogP contribution in [0.2, 0.25) is 0 Å². The summed E-state index contributed by atoms with van der Waals surface area (Å²) in [6, 6.07) is 23.9. The Labute approximate surface area is 242 Å². The van der Waals surface area contributed by atoms with Crippen LogP contribution in [0.15, 0.2) is 99.6 Å². The summed E-state index contributed by atoms with van der Waals surface area (Å²) in [7, 11) is -13.0. The molecule has 16 heteroatoms. The van der Waals surface area contributed by atoms with Crippen molar-refractivity contribution < 1.29 is 52.4 Å². The summed E-state index contributed by atoms with van der Waals surface area (Å²) in [5, 5.41) is -5.80. The molecule has 3 aromatic rings. The Morgan fingerprint density at radius 2 is 1.31 bits per heavy atom. The minimum Gasteiger partial charge on any atom is -0.396 e. The van der Waals surface area contributed by atoms with E-state index in [4.69, 9.17) is 4.74 Å². The second-order valence-corrected chi connectivity index (χ2v) is 14.7. The third-order valence-corrected chi connectivity index (χ3v) is 10.9. The number of hydrogen-bond acceptors (Lipinski definition) is 7. The fourth-order valence-electron chi connectivity index (χ4n) is 3.80. The van der Waals surface area contributed by atoms with Gasteiger partial charge in [-0.25, -0.2) is 16.8 Å². The lowest BCUT2D eigenvalue weighted by Gasteiger charge is -2.40. The third-order valence-electron chi connectivity index (χ3n) is 5.85. The van der Waals surface area contributed by atoms with Crippen molar-refractivity contribution in [1.82, 2.24) is 0 Å². The topological polar surface area (TPSA) is 110 Å². The minimum absolute atomic E-state index is 0.0980. The smallest absolute Gasteiger partial charge is 0.396 e. The molecule has 0 bridgehead atoms. The Morgan fingerprint density at radius 3 is 1.74 bits per heavy atom. The maximum absolute atomic E-state index is 14.7. The fraction of sp³-hybridized carbons (Fsp3) is 0.308. The normalized spacial score (nSPS) is 16.5. The van der Waals surface area contributed by atoms with Crippen molar-refractivity contribution in [3.8, 4) is 5.75 Å². The predicted octanol–water partition coefficient (Wildman–Crippen LogP) is 5.69. The van der Waals surface area contributed by atoms with E-state index in [1.54, 1.807) is 0 Å². The van der Waals surface area contributed by atoms with Crippen LogP contribution in [0.1, 0.15) is 6.92 Å². The first-order valence-corrected chi connectivity index (χ1v) is 16.1. The Balaban J connectivity index is 1.52. The Morgan fingerprint density at radius 1 is 0.833 bits per heavy atom. The van der Waals surface area contributed by atoms with Gasteiger partial charge in [-0.05, 0) is 48.5 Å². The van der Waals surface area contributed by atoms with Crippen LogP contribution in [-0.2, 0) is 40.7 Å². The first kappa shape index (κ1) is 32.2. The summed E-state index contributed by atoms with van der Waals surface area (Å²) in [6.07, 6.45) is -10.1. The van der Waals surface area contributed by atoms with E-state index in [2.05, 4.69) is 8.92 Å². The first-order chi connectivity index (χ1) is 19.5. The lowest BCUT2D eigenvalue weighted by atomic mass is 9.90. The number of rotatable bonds is 12. The lowest BCUT2D eigenvalue weighted by molar-refractivity contribution is -0.278. The van der Waals surface area contributed by atoms with Crippen LogP contribution in [0, 0.1) is 5.41 Å². The minimum atomic E-state index is -6.67. The molecule has 1 unspecified atom stereocenters. The monoisotopic (exact) mass is 653 g/mol. The lowest BCUT2D eigenvalue weighted by Crippen LogP contribution is -2.54. The third kappa shape index (κ3) is 7.41. The molecule has 0 N–H and O–H groups in total. The molecular weight excluding hydrogens is 629 g/mol. The zero-order valence-electron chi connectivity index (χ0n) is 21.7. The van der Waals surface area contributed by atoms with Crippen LogP contribution in [0.25, 0.3) is 4.13 Å². The van der Waals surface area contributed by atoms with Crippen molar-refractivity contribution in [3.05, 3.63) is 89.1 Å². The quantitative estimate of drug-likeness (QED) is 0.183. The van der Waals surface area contributed by atoms with Gasteiger partial charge in [-0.3, -0.25) is 0 Å². The van der Waals surface area contributed by atoms with Gasteiger partial charge in [0.15, 0.2) is 24.7 Å². The Kier molecular flexibility index (Phi) is 9.25. The zero-order valence-corrected chi connectivity index (χ0v) is 24.2. The molecule has 0 aromatic heterocycles. The first-order valence-electron chi connectivity index (χ1n) is 12.0. The van der Waals surface area contributed by atoms with Gasteiger partial charge in [0.1, 0.15) is 5.75 Å². The van der Waals surface area contributed by atoms with E-state index >= 15 is 0 Å². The van der Waals surface area contributed by atoms with Crippen LogP contribution in [-0.4, -0.2) is 54.2 Å². The molecule has 8 nitrogen and oxygen atoms in total. The van der Waals surface area contributed by atoms with Crippen LogP contribution < -0.4 is 4.18 Å². The molecular formula is C26H24F5NO7S3. The molecule has 0 saturated carbocycles. The van der Waals surface area contributed by atoms with Gasteiger partial charge in [0, 0.05) is 5.41 Å². The van der Waals surface area contributed by atoms with Crippen molar-refractivity contribution >= 4 is 31.2 Å². The average molecular weight is 654 g/mol. The van der Waals surface area contributed by atoms with Gasteiger partial charge in [-0.15, -0.1) is 0 Å². The fourth-order valence-corrected chi connectivity index (χ4v) is 8.19. The average Bonchev–Trinajstić information content (AvgIpc) is 2.88. The number of hydrogen-bond donors (Lipinski definition) is 0. The van der Waals surface area contributed by atoms with Crippen molar-refractivity contribution in [1.29, 1.82) is 0 Å². The molecule has 4 rings (SSSR count).